The maximum absolute atomic E-state index is 13.1. The third-order valence-corrected chi connectivity index (χ3v) is 9.08. The summed E-state index contributed by atoms with van der Waals surface area (Å²) in [4.78, 5) is 15.8. The minimum absolute atomic E-state index is 0.0295. The van der Waals surface area contributed by atoms with Gasteiger partial charge in [-0.3, -0.25) is 9.69 Å². The van der Waals surface area contributed by atoms with Gasteiger partial charge in [-0.2, -0.15) is 0 Å². The van der Waals surface area contributed by atoms with E-state index in [1.807, 2.05) is 18.2 Å². The van der Waals surface area contributed by atoms with Gasteiger partial charge in [-0.05, 0) is 95.9 Å². The van der Waals surface area contributed by atoms with Crippen molar-refractivity contribution in [3.05, 3.63) is 102 Å². The number of allylic oxidation sites excluding steroid dienone is 4. The Kier molecular flexibility index (Phi) is 7.03. The van der Waals surface area contributed by atoms with Crippen LogP contribution in [0.3, 0.4) is 0 Å². The third kappa shape index (κ3) is 4.86. The van der Waals surface area contributed by atoms with E-state index in [2.05, 4.69) is 73.6 Å². The van der Waals surface area contributed by atoms with Crippen LogP contribution >= 0.6 is 0 Å². The maximum atomic E-state index is 13.1. The van der Waals surface area contributed by atoms with Gasteiger partial charge in [0.2, 0.25) is 0 Å². The Morgan fingerprint density at radius 3 is 2.58 bits per heavy atom. The van der Waals surface area contributed by atoms with Crippen molar-refractivity contribution < 1.29 is 4.79 Å². The predicted molar refractivity (Wildman–Crippen MR) is 150 cm³/mol. The lowest BCUT2D eigenvalue weighted by Gasteiger charge is -2.55. The fourth-order valence-electron chi connectivity index (χ4n) is 6.40. The van der Waals surface area contributed by atoms with Crippen molar-refractivity contribution in [2.45, 2.75) is 57.4 Å². The monoisotopic (exact) mass is 480 g/mol. The number of piperidine rings is 1. The summed E-state index contributed by atoms with van der Waals surface area (Å²) < 4.78 is 0. The van der Waals surface area contributed by atoms with Crippen molar-refractivity contribution in [3.8, 4) is 0 Å². The number of hydrogen-bond acceptors (Lipinski definition) is 2. The Labute approximate surface area is 217 Å². The van der Waals surface area contributed by atoms with Crippen LogP contribution in [0.4, 0.5) is 0 Å². The first-order valence-electron chi connectivity index (χ1n) is 13.6. The van der Waals surface area contributed by atoms with Gasteiger partial charge in [-0.15, -0.1) is 0 Å². The van der Waals surface area contributed by atoms with Crippen molar-refractivity contribution in [3.63, 3.8) is 0 Å². The van der Waals surface area contributed by atoms with E-state index in [1.54, 1.807) is 6.08 Å². The SMILES string of the molecule is C=C/C=C(\C=C)c1ccc(CCNC(=O)c2ccc3c(c2)[C@@]2(C)CCN(CC4CC4)C(C3)[C@@H]2C)cc1. The van der Waals surface area contributed by atoms with Crippen LogP contribution in [0, 0.1) is 11.8 Å². The number of rotatable bonds is 9. The zero-order chi connectivity index (χ0) is 25.3. The van der Waals surface area contributed by atoms with Crippen LogP contribution in [0.2, 0.25) is 0 Å². The van der Waals surface area contributed by atoms with Crippen LogP contribution < -0.4 is 5.32 Å². The minimum atomic E-state index is 0.0295. The molecule has 0 spiro atoms. The van der Waals surface area contributed by atoms with Crippen molar-refractivity contribution in [1.82, 2.24) is 10.2 Å². The van der Waals surface area contributed by atoms with E-state index in [1.165, 1.54) is 49.0 Å². The Balaban J connectivity index is 1.22. The van der Waals surface area contributed by atoms with Crippen molar-refractivity contribution in [1.29, 1.82) is 0 Å². The van der Waals surface area contributed by atoms with Crippen LogP contribution in [0.25, 0.3) is 5.57 Å². The Morgan fingerprint density at radius 2 is 1.89 bits per heavy atom. The Morgan fingerprint density at radius 1 is 1.14 bits per heavy atom. The highest BCUT2D eigenvalue weighted by Gasteiger charge is 2.49. The van der Waals surface area contributed by atoms with E-state index >= 15 is 0 Å². The molecule has 3 atom stereocenters. The zero-order valence-corrected chi connectivity index (χ0v) is 21.9. The summed E-state index contributed by atoms with van der Waals surface area (Å²) in [5.74, 6) is 1.58. The van der Waals surface area contributed by atoms with Crippen molar-refractivity contribution in [2.75, 3.05) is 19.6 Å². The molecule has 2 bridgehead atoms. The molecule has 1 heterocycles. The number of benzene rings is 2. The van der Waals surface area contributed by atoms with Gasteiger partial charge in [-0.25, -0.2) is 0 Å². The molecular weight excluding hydrogens is 440 g/mol. The molecule has 1 unspecified atom stereocenters. The first kappa shape index (κ1) is 24.8. The number of fused-ring (bicyclic) bond motifs is 4. The molecule has 1 aliphatic heterocycles. The van der Waals surface area contributed by atoms with Gasteiger partial charge in [0.1, 0.15) is 0 Å². The molecule has 2 aromatic rings. The molecule has 2 aliphatic carbocycles. The summed E-state index contributed by atoms with van der Waals surface area (Å²) in [5.41, 5.74) is 7.18. The number of carbonyl (C=O) groups excluding carboxylic acids is 1. The normalized spacial score (nSPS) is 25.7. The first-order valence-corrected chi connectivity index (χ1v) is 13.6. The number of hydrogen-bond donors (Lipinski definition) is 1. The van der Waals surface area contributed by atoms with Crippen molar-refractivity contribution in [2.24, 2.45) is 11.8 Å². The summed E-state index contributed by atoms with van der Waals surface area (Å²) in [5, 5.41) is 3.15. The first-order chi connectivity index (χ1) is 17.4. The van der Waals surface area contributed by atoms with E-state index in [4.69, 9.17) is 0 Å². The molecule has 1 N–H and O–H groups in total. The lowest BCUT2D eigenvalue weighted by atomic mass is 9.59. The molecule has 5 rings (SSSR count). The van der Waals surface area contributed by atoms with Crippen LogP contribution in [-0.4, -0.2) is 36.5 Å². The quantitative estimate of drug-likeness (QED) is 0.424. The maximum Gasteiger partial charge on any atom is 0.251 e. The molecule has 1 saturated heterocycles. The van der Waals surface area contributed by atoms with E-state index in [0.29, 0.717) is 18.5 Å². The van der Waals surface area contributed by atoms with Gasteiger partial charge in [0, 0.05) is 24.7 Å². The molecule has 0 aromatic heterocycles. The highest BCUT2D eigenvalue weighted by molar-refractivity contribution is 5.94. The smallest absolute Gasteiger partial charge is 0.251 e. The highest BCUT2D eigenvalue weighted by Crippen LogP contribution is 2.49. The van der Waals surface area contributed by atoms with Crippen LogP contribution in [-0.2, 0) is 18.3 Å². The fraction of sp³-hybridized carbons (Fsp3) is 0.424. The minimum Gasteiger partial charge on any atom is -0.352 e. The topological polar surface area (TPSA) is 32.3 Å². The Hall–Kier alpha value is -2.91. The van der Waals surface area contributed by atoms with Crippen LogP contribution in [0.15, 0.2) is 73.9 Å². The summed E-state index contributed by atoms with van der Waals surface area (Å²) in [7, 11) is 0. The molecular formula is C33H40N2O. The number of carbonyl (C=O) groups is 1. The number of amides is 1. The predicted octanol–water partition coefficient (Wildman–Crippen LogP) is 6.35. The summed E-state index contributed by atoms with van der Waals surface area (Å²) >= 11 is 0. The van der Waals surface area contributed by atoms with Crippen LogP contribution in [0.5, 0.6) is 0 Å². The van der Waals surface area contributed by atoms with Gasteiger partial charge in [0.15, 0.2) is 0 Å². The molecule has 2 aromatic carbocycles. The molecule has 1 saturated carbocycles. The van der Waals surface area contributed by atoms with Gasteiger partial charge in [0.05, 0.1) is 0 Å². The average molecular weight is 481 g/mol. The summed E-state index contributed by atoms with van der Waals surface area (Å²) in [6.45, 7) is 15.6. The van der Waals surface area contributed by atoms with Gasteiger partial charge in [0.25, 0.3) is 5.91 Å². The number of nitrogens with zero attached hydrogens (tertiary/aromatic N) is 1. The lowest BCUT2D eigenvalue weighted by molar-refractivity contribution is 0.0284. The molecule has 1 amide bonds. The molecule has 3 aliphatic rings. The summed E-state index contributed by atoms with van der Waals surface area (Å²) in [6, 6.07) is 15.5. The summed E-state index contributed by atoms with van der Waals surface area (Å²) in [6.07, 6.45) is 11.5. The van der Waals surface area contributed by atoms with E-state index < -0.39 is 0 Å². The number of nitrogens with one attached hydrogen (secondary N) is 1. The second kappa shape index (κ2) is 10.2. The molecule has 36 heavy (non-hydrogen) atoms. The van der Waals surface area contributed by atoms with Gasteiger partial charge >= 0.3 is 0 Å². The van der Waals surface area contributed by atoms with E-state index in [9.17, 15) is 4.79 Å². The van der Waals surface area contributed by atoms with E-state index in [0.717, 1.165) is 35.5 Å². The zero-order valence-electron chi connectivity index (χ0n) is 21.9. The van der Waals surface area contributed by atoms with Gasteiger partial charge in [-0.1, -0.05) is 75.6 Å². The lowest BCUT2D eigenvalue weighted by Crippen LogP contribution is -2.58. The van der Waals surface area contributed by atoms with Gasteiger partial charge < -0.3 is 5.32 Å². The Bertz CT molecular complexity index is 1170. The second-order valence-electron chi connectivity index (χ2n) is 11.3. The second-order valence-corrected chi connectivity index (χ2v) is 11.3. The molecule has 3 heteroatoms. The fourth-order valence-corrected chi connectivity index (χ4v) is 6.40. The molecule has 188 valence electrons. The molecule has 0 radical (unpaired) electrons. The largest absolute Gasteiger partial charge is 0.352 e. The highest BCUT2D eigenvalue weighted by atomic mass is 16.1. The van der Waals surface area contributed by atoms with E-state index in [-0.39, 0.29) is 11.3 Å². The van der Waals surface area contributed by atoms with Crippen molar-refractivity contribution >= 4 is 11.5 Å². The standard InChI is InChI=1S/C33H40N2O/c1-5-7-26(6-2)27-12-10-24(11-13-27)16-18-34-32(36)29-15-14-28-21-31-23(3)33(4,30(28)20-29)17-19-35(31)22-25-8-9-25/h5-7,10-15,20,23,25,31H,1-2,8-9,16-19,21-22H2,3-4H3,(H,34,36)/b26-7+/t23-,31?,33-/m0/s1. The average Bonchev–Trinajstić information content (AvgIpc) is 3.71. The number of likely N-dealkylation sites (tertiary alicyclic amines) is 1. The molecule has 3 nitrogen and oxygen atoms in total. The van der Waals surface area contributed by atoms with Crippen LogP contribution in [0.1, 0.15) is 65.7 Å². The third-order valence-electron chi connectivity index (χ3n) is 9.08. The molecule has 2 fully saturated rings.